The first kappa shape index (κ1) is 24.4. The Bertz CT molecular complexity index is 935. The van der Waals surface area contributed by atoms with E-state index in [4.69, 9.17) is 5.73 Å². The summed E-state index contributed by atoms with van der Waals surface area (Å²) in [5.41, 5.74) is 7.31. The van der Waals surface area contributed by atoms with Crippen molar-refractivity contribution >= 4 is 5.91 Å². The number of halogens is 1. The minimum atomic E-state index is -1.29. The fraction of sp³-hybridized carbons (Fsp3) is 0.500. The summed E-state index contributed by atoms with van der Waals surface area (Å²) in [4.78, 5) is 14.2. The van der Waals surface area contributed by atoms with Crippen LogP contribution in [0.2, 0.25) is 0 Å². The number of nitrogens with zero attached hydrogens (tertiary/aromatic N) is 1. The van der Waals surface area contributed by atoms with Crippen LogP contribution in [0.4, 0.5) is 4.39 Å². The number of nitrogens with two attached hydrogens (primary N) is 1. The number of carbonyl (C=O) groups is 1. The highest BCUT2D eigenvalue weighted by molar-refractivity contribution is 5.82. The summed E-state index contributed by atoms with van der Waals surface area (Å²) in [5, 5.41) is 21.4. The lowest BCUT2D eigenvalue weighted by Gasteiger charge is -2.44. The van der Waals surface area contributed by atoms with Gasteiger partial charge < -0.3 is 20.8 Å². The van der Waals surface area contributed by atoms with Gasteiger partial charge in [0.05, 0.1) is 12.2 Å². The van der Waals surface area contributed by atoms with Gasteiger partial charge in [0.2, 0.25) is 5.91 Å². The first-order chi connectivity index (χ1) is 15.3. The Hall–Kier alpha value is -2.28. The van der Waals surface area contributed by atoms with E-state index in [1.54, 1.807) is 11.0 Å². The molecule has 174 valence electrons. The van der Waals surface area contributed by atoms with Crippen molar-refractivity contribution in [2.75, 3.05) is 19.7 Å². The molecular weight excluding hydrogens is 407 g/mol. The molecule has 1 amide bonds. The molecule has 3 rings (SSSR count). The number of aryl methyl sites for hydroxylation is 1. The van der Waals surface area contributed by atoms with Crippen LogP contribution in [0.15, 0.2) is 42.5 Å². The highest BCUT2D eigenvalue weighted by atomic mass is 19.1. The van der Waals surface area contributed by atoms with Crippen LogP contribution in [0.1, 0.15) is 50.7 Å². The van der Waals surface area contributed by atoms with Gasteiger partial charge in [0.25, 0.3) is 0 Å². The summed E-state index contributed by atoms with van der Waals surface area (Å²) >= 11 is 0. The zero-order valence-corrected chi connectivity index (χ0v) is 19.1. The van der Waals surface area contributed by atoms with E-state index in [2.05, 4.69) is 6.92 Å². The molecule has 0 bridgehead atoms. The molecule has 1 fully saturated rings. The van der Waals surface area contributed by atoms with Crippen LogP contribution in [-0.4, -0.2) is 46.8 Å². The van der Waals surface area contributed by atoms with Crippen LogP contribution in [0, 0.1) is 11.7 Å². The van der Waals surface area contributed by atoms with E-state index in [-0.39, 0.29) is 17.6 Å². The minimum absolute atomic E-state index is 0.263. The number of piperidine rings is 1. The maximum atomic E-state index is 15.2. The zero-order chi connectivity index (χ0) is 23.3. The van der Waals surface area contributed by atoms with Gasteiger partial charge >= 0.3 is 0 Å². The Kier molecular flexibility index (Phi) is 8.04. The third kappa shape index (κ3) is 4.87. The molecule has 2 aromatic rings. The second kappa shape index (κ2) is 10.6. The van der Waals surface area contributed by atoms with Crippen molar-refractivity contribution in [1.82, 2.24) is 4.90 Å². The van der Waals surface area contributed by atoms with E-state index in [9.17, 15) is 15.0 Å². The molecule has 0 spiro atoms. The number of amides is 1. The number of hydrogen-bond donors (Lipinski definition) is 3. The number of likely N-dealkylation sites (tertiary alicyclic amines) is 1. The number of aliphatic hydroxyl groups excluding tert-OH is 1. The Morgan fingerprint density at radius 1 is 1.28 bits per heavy atom. The maximum Gasteiger partial charge on any atom is 0.241 e. The molecule has 5 nitrogen and oxygen atoms in total. The van der Waals surface area contributed by atoms with Gasteiger partial charge in [-0.2, -0.15) is 0 Å². The van der Waals surface area contributed by atoms with Crippen LogP contribution in [0.5, 0.6) is 0 Å². The monoisotopic (exact) mass is 442 g/mol. The Labute approximate surface area is 190 Å². The second-order valence-electron chi connectivity index (χ2n) is 8.80. The van der Waals surface area contributed by atoms with Crippen molar-refractivity contribution in [1.29, 1.82) is 0 Å². The molecule has 0 aliphatic carbocycles. The molecule has 1 aliphatic heterocycles. The smallest absolute Gasteiger partial charge is 0.241 e. The molecule has 1 saturated heterocycles. The summed E-state index contributed by atoms with van der Waals surface area (Å²) < 4.78 is 15.2. The second-order valence-corrected chi connectivity index (χ2v) is 8.80. The summed E-state index contributed by atoms with van der Waals surface area (Å²) in [6.07, 6.45) is 3.44. The molecule has 0 unspecified atom stereocenters. The van der Waals surface area contributed by atoms with E-state index < -0.39 is 18.2 Å². The first-order valence-corrected chi connectivity index (χ1v) is 11.6. The molecule has 32 heavy (non-hydrogen) atoms. The lowest BCUT2D eigenvalue weighted by Crippen LogP contribution is -2.53. The van der Waals surface area contributed by atoms with Crippen molar-refractivity contribution < 1.29 is 19.4 Å². The Morgan fingerprint density at radius 3 is 2.72 bits per heavy atom. The number of benzene rings is 2. The van der Waals surface area contributed by atoms with Gasteiger partial charge in [-0.3, -0.25) is 4.79 Å². The fourth-order valence-electron chi connectivity index (χ4n) is 4.94. The maximum absolute atomic E-state index is 15.2. The average molecular weight is 443 g/mol. The van der Waals surface area contributed by atoms with Crippen molar-refractivity contribution in [2.24, 2.45) is 11.7 Å². The SMILES string of the molecule is CCC[C@@](O)(c1cccc(F)c1-c1cccc(CC)c1)[C@@H]1CCCN(C(=O)[C@@H](N)CO)C1. The topological polar surface area (TPSA) is 86.8 Å². The highest BCUT2D eigenvalue weighted by Crippen LogP contribution is 2.44. The Balaban J connectivity index is 2.06. The fourth-order valence-corrected chi connectivity index (χ4v) is 4.94. The zero-order valence-electron chi connectivity index (χ0n) is 19.1. The molecular formula is C26H35FN2O3. The summed E-state index contributed by atoms with van der Waals surface area (Å²) in [6, 6.07) is 11.7. The summed E-state index contributed by atoms with van der Waals surface area (Å²) in [7, 11) is 0. The standard InChI is InChI=1S/C26H35FN2O3/c1-3-13-26(32,20-10-7-14-29(16-20)25(31)23(28)17-30)21-11-6-12-22(27)24(21)19-9-5-8-18(4-2)15-19/h5-6,8-9,11-12,15,20,23,30,32H,3-4,7,10,13-14,16-17,28H2,1-2H3/t20-,23+,26+/m1/s1. The van der Waals surface area contributed by atoms with Crippen LogP contribution in [0.25, 0.3) is 11.1 Å². The van der Waals surface area contributed by atoms with Gasteiger partial charge in [0, 0.05) is 24.6 Å². The number of carbonyl (C=O) groups excluding carboxylic acids is 1. The average Bonchev–Trinajstić information content (AvgIpc) is 2.83. The third-order valence-corrected chi connectivity index (χ3v) is 6.66. The van der Waals surface area contributed by atoms with E-state index in [0.29, 0.717) is 37.1 Å². The predicted octanol–water partition coefficient (Wildman–Crippen LogP) is 3.60. The predicted molar refractivity (Wildman–Crippen MR) is 124 cm³/mol. The minimum Gasteiger partial charge on any atom is -0.394 e. The van der Waals surface area contributed by atoms with Crippen LogP contribution < -0.4 is 5.73 Å². The Morgan fingerprint density at radius 2 is 2.03 bits per heavy atom. The summed E-state index contributed by atoms with van der Waals surface area (Å²) in [5.74, 6) is -0.941. The molecule has 3 atom stereocenters. The van der Waals surface area contributed by atoms with Crippen LogP contribution >= 0.6 is 0 Å². The van der Waals surface area contributed by atoms with E-state index in [1.807, 2.05) is 37.3 Å². The molecule has 0 aromatic heterocycles. The van der Waals surface area contributed by atoms with Crippen molar-refractivity contribution in [3.05, 3.63) is 59.4 Å². The van der Waals surface area contributed by atoms with E-state index >= 15 is 4.39 Å². The largest absolute Gasteiger partial charge is 0.394 e. The lowest BCUT2D eigenvalue weighted by atomic mass is 9.72. The molecule has 1 heterocycles. The van der Waals surface area contributed by atoms with Gasteiger partial charge in [-0.05, 0) is 48.4 Å². The first-order valence-electron chi connectivity index (χ1n) is 11.6. The third-order valence-electron chi connectivity index (χ3n) is 6.66. The molecule has 0 radical (unpaired) electrons. The number of hydrogen-bond acceptors (Lipinski definition) is 4. The van der Waals surface area contributed by atoms with Crippen LogP contribution in [0.3, 0.4) is 0 Å². The molecule has 4 N–H and O–H groups in total. The molecule has 2 aromatic carbocycles. The lowest BCUT2D eigenvalue weighted by molar-refractivity contribution is -0.138. The van der Waals surface area contributed by atoms with Gasteiger partial charge in [-0.15, -0.1) is 0 Å². The quantitative estimate of drug-likeness (QED) is 0.583. The van der Waals surface area contributed by atoms with Crippen molar-refractivity contribution in [3.63, 3.8) is 0 Å². The molecule has 1 aliphatic rings. The van der Waals surface area contributed by atoms with Gasteiger partial charge in [-0.25, -0.2) is 4.39 Å². The van der Waals surface area contributed by atoms with Gasteiger partial charge in [0.1, 0.15) is 11.9 Å². The number of aliphatic hydroxyl groups is 2. The van der Waals surface area contributed by atoms with Crippen molar-refractivity contribution in [3.8, 4) is 11.1 Å². The van der Waals surface area contributed by atoms with E-state index in [0.717, 1.165) is 30.4 Å². The molecule has 6 heteroatoms. The van der Waals surface area contributed by atoms with Crippen molar-refractivity contribution in [2.45, 2.75) is 57.6 Å². The molecule has 0 saturated carbocycles. The summed E-state index contributed by atoms with van der Waals surface area (Å²) in [6.45, 7) is 4.50. The van der Waals surface area contributed by atoms with Gasteiger partial charge in [0.15, 0.2) is 0 Å². The normalized spacial score (nSPS) is 19.4. The highest BCUT2D eigenvalue weighted by Gasteiger charge is 2.43. The number of rotatable bonds is 8. The van der Waals surface area contributed by atoms with Gasteiger partial charge in [-0.1, -0.05) is 56.7 Å². The van der Waals surface area contributed by atoms with Crippen LogP contribution in [-0.2, 0) is 16.8 Å². The van der Waals surface area contributed by atoms with E-state index in [1.165, 1.54) is 6.07 Å².